The Labute approximate surface area is 128 Å². The Morgan fingerprint density at radius 1 is 1.10 bits per heavy atom. The molecule has 1 aliphatic heterocycles. The molecule has 4 heteroatoms. The normalized spacial score (nSPS) is 23.6. The van der Waals surface area contributed by atoms with E-state index < -0.39 is 0 Å². The third-order valence-corrected chi connectivity index (χ3v) is 4.84. The van der Waals surface area contributed by atoms with E-state index in [9.17, 15) is 0 Å². The highest BCUT2D eigenvalue weighted by atomic mass is 16.5. The maximum atomic E-state index is 5.49. The molecule has 21 heavy (non-hydrogen) atoms. The molecule has 0 aromatic heterocycles. The van der Waals surface area contributed by atoms with Crippen LogP contribution in [0.2, 0.25) is 0 Å². The molecule has 0 radical (unpaired) electrons. The van der Waals surface area contributed by atoms with Crippen LogP contribution in [0, 0.1) is 0 Å². The van der Waals surface area contributed by atoms with Gasteiger partial charge < -0.3 is 19.3 Å². The Kier molecular flexibility index (Phi) is 5.88. The minimum atomic E-state index is 0.790. The largest absolute Gasteiger partial charge is 0.497 e. The fraction of sp³-hybridized carbons (Fsp3) is 0.647. The summed E-state index contributed by atoms with van der Waals surface area (Å²) in [5.41, 5.74) is 1.25. The zero-order chi connectivity index (χ0) is 15.2. The van der Waals surface area contributed by atoms with Crippen LogP contribution in [0.1, 0.15) is 25.8 Å². The number of piperazine rings is 1. The Morgan fingerprint density at radius 2 is 1.81 bits per heavy atom. The number of rotatable bonds is 6. The highest BCUT2D eigenvalue weighted by Gasteiger charge is 2.26. The summed E-state index contributed by atoms with van der Waals surface area (Å²) in [7, 11) is 3.46. The molecule has 1 atom stereocenters. The number of hydrogen-bond acceptors (Lipinski definition) is 2. The molecule has 1 aromatic carbocycles. The molecule has 1 aliphatic rings. The second kappa shape index (κ2) is 7.66. The van der Waals surface area contributed by atoms with Crippen molar-refractivity contribution in [2.24, 2.45) is 0 Å². The van der Waals surface area contributed by atoms with E-state index in [4.69, 9.17) is 9.47 Å². The quantitative estimate of drug-likeness (QED) is 0.759. The van der Waals surface area contributed by atoms with Gasteiger partial charge in [-0.3, -0.25) is 0 Å². The smallest absolute Gasteiger partial charge is 0.127 e. The fourth-order valence-electron chi connectivity index (χ4n) is 3.17. The van der Waals surface area contributed by atoms with Crippen molar-refractivity contribution in [3.05, 3.63) is 23.8 Å². The minimum Gasteiger partial charge on any atom is -0.497 e. The number of methoxy groups -OCH3 is 2. The van der Waals surface area contributed by atoms with Gasteiger partial charge in [-0.25, -0.2) is 0 Å². The van der Waals surface area contributed by atoms with Crippen LogP contribution in [-0.2, 0) is 6.54 Å². The number of hydrogen-bond donors (Lipinski definition) is 2. The van der Waals surface area contributed by atoms with Gasteiger partial charge in [0, 0.05) is 0 Å². The first kappa shape index (κ1) is 16.1. The molecule has 118 valence electrons. The summed E-state index contributed by atoms with van der Waals surface area (Å²) in [4.78, 5) is 3.41. The van der Waals surface area contributed by atoms with Crippen molar-refractivity contribution in [3.63, 3.8) is 0 Å². The maximum absolute atomic E-state index is 5.49. The maximum Gasteiger partial charge on any atom is 0.127 e. The van der Waals surface area contributed by atoms with Crippen LogP contribution in [0.15, 0.2) is 18.2 Å². The van der Waals surface area contributed by atoms with E-state index in [1.54, 1.807) is 24.0 Å². The van der Waals surface area contributed by atoms with Gasteiger partial charge in [0.05, 0.1) is 25.8 Å². The van der Waals surface area contributed by atoms with E-state index >= 15 is 0 Å². The monoisotopic (exact) mass is 294 g/mol. The Hall–Kier alpha value is -1.26. The average molecular weight is 294 g/mol. The van der Waals surface area contributed by atoms with Gasteiger partial charge in [0.2, 0.25) is 0 Å². The van der Waals surface area contributed by atoms with Crippen LogP contribution in [-0.4, -0.2) is 46.4 Å². The first-order valence-electron chi connectivity index (χ1n) is 8.07. The second-order valence-electron chi connectivity index (χ2n) is 6.07. The molecule has 0 saturated carbocycles. The zero-order valence-electron chi connectivity index (χ0n) is 13.9. The second-order valence-corrected chi connectivity index (χ2v) is 6.07. The van der Waals surface area contributed by atoms with Gasteiger partial charge in [-0.2, -0.15) is 0 Å². The molecular formula is C17H30N2O2+2. The highest BCUT2D eigenvalue weighted by molar-refractivity contribution is 5.39. The lowest BCUT2D eigenvalue weighted by Gasteiger charge is -2.33. The Bertz CT molecular complexity index is 442. The van der Waals surface area contributed by atoms with Crippen molar-refractivity contribution in [2.45, 2.75) is 32.9 Å². The number of nitrogens with one attached hydrogen (secondary N) is 2. The highest BCUT2D eigenvalue weighted by Crippen LogP contribution is 2.23. The number of ether oxygens (including phenoxy) is 2. The summed E-state index contributed by atoms with van der Waals surface area (Å²) >= 11 is 0. The summed E-state index contributed by atoms with van der Waals surface area (Å²) < 4.78 is 10.8. The molecule has 1 unspecified atom stereocenters. The van der Waals surface area contributed by atoms with E-state index in [2.05, 4.69) is 19.9 Å². The zero-order valence-corrected chi connectivity index (χ0v) is 13.9. The van der Waals surface area contributed by atoms with Crippen LogP contribution < -0.4 is 19.3 Å². The fourth-order valence-corrected chi connectivity index (χ4v) is 3.17. The predicted molar refractivity (Wildman–Crippen MR) is 84.4 cm³/mol. The average Bonchev–Trinajstić information content (AvgIpc) is 2.54. The summed E-state index contributed by atoms with van der Waals surface area (Å²) in [6.45, 7) is 10.7. The van der Waals surface area contributed by atoms with E-state index in [1.165, 1.54) is 38.2 Å². The lowest BCUT2D eigenvalue weighted by atomic mass is 10.1. The molecule has 4 nitrogen and oxygen atoms in total. The molecule has 0 aliphatic carbocycles. The molecule has 1 saturated heterocycles. The predicted octanol–water partition coefficient (Wildman–Crippen LogP) is -0.214. The summed E-state index contributed by atoms with van der Waals surface area (Å²) in [5, 5.41) is 0. The molecule has 2 N–H and O–H groups in total. The third kappa shape index (κ3) is 4.11. The van der Waals surface area contributed by atoms with Crippen LogP contribution in [0.5, 0.6) is 11.5 Å². The van der Waals surface area contributed by atoms with E-state index in [0.717, 1.165) is 24.1 Å². The molecule has 0 bridgehead atoms. The van der Waals surface area contributed by atoms with Crippen LogP contribution in [0.4, 0.5) is 0 Å². The Balaban J connectivity index is 1.97. The standard InChI is InChI=1S/C17H28N2O2/c1-5-14(2)19-10-8-18(9-11-19)13-15-12-16(20-3)6-7-17(15)21-4/h6-7,12,14H,5,8-11,13H2,1-4H3/p+2. The first-order valence-corrected chi connectivity index (χ1v) is 8.07. The summed E-state index contributed by atoms with van der Waals surface area (Å²) in [6, 6.07) is 6.87. The lowest BCUT2D eigenvalue weighted by Crippen LogP contribution is -3.29. The number of quaternary nitrogens is 2. The summed E-state index contributed by atoms with van der Waals surface area (Å²) in [6.07, 6.45) is 1.27. The van der Waals surface area contributed by atoms with Gasteiger partial charge >= 0.3 is 0 Å². The SMILES string of the molecule is CCC(C)[NH+]1CC[NH+](Cc2cc(OC)ccc2OC)CC1. The lowest BCUT2D eigenvalue weighted by molar-refractivity contribution is -1.03. The van der Waals surface area contributed by atoms with Crippen molar-refractivity contribution in [2.75, 3.05) is 40.4 Å². The number of benzene rings is 1. The minimum absolute atomic E-state index is 0.790. The Morgan fingerprint density at radius 3 is 2.38 bits per heavy atom. The molecule has 1 heterocycles. The first-order chi connectivity index (χ1) is 10.2. The van der Waals surface area contributed by atoms with Crippen LogP contribution in [0.3, 0.4) is 0 Å². The van der Waals surface area contributed by atoms with E-state index in [-0.39, 0.29) is 0 Å². The van der Waals surface area contributed by atoms with Gasteiger partial charge in [0.1, 0.15) is 44.2 Å². The van der Waals surface area contributed by atoms with Crippen molar-refractivity contribution in [1.82, 2.24) is 0 Å². The molecule has 0 amide bonds. The molecule has 1 aromatic rings. The van der Waals surface area contributed by atoms with E-state index in [0.29, 0.717) is 0 Å². The molecule has 0 spiro atoms. The van der Waals surface area contributed by atoms with Crippen LogP contribution >= 0.6 is 0 Å². The van der Waals surface area contributed by atoms with Gasteiger partial charge in [0.15, 0.2) is 0 Å². The van der Waals surface area contributed by atoms with Crippen molar-refractivity contribution < 1.29 is 19.3 Å². The molecule has 2 rings (SSSR count). The van der Waals surface area contributed by atoms with Crippen molar-refractivity contribution in [3.8, 4) is 11.5 Å². The molecular weight excluding hydrogens is 264 g/mol. The van der Waals surface area contributed by atoms with Gasteiger partial charge in [-0.1, -0.05) is 6.92 Å². The van der Waals surface area contributed by atoms with E-state index in [1.807, 2.05) is 12.1 Å². The molecule has 1 fully saturated rings. The van der Waals surface area contributed by atoms with Crippen LogP contribution in [0.25, 0.3) is 0 Å². The third-order valence-electron chi connectivity index (χ3n) is 4.84. The topological polar surface area (TPSA) is 27.3 Å². The van der Waals surface area contributed by atoms with Gasteiger partial charge in [-0.15, -0.1) is 0 Å². The van der Waals surface area contributed by atoms with Gasteiger partial charge in [-0.05, 0) is 31.5 Å². The van der Waals surface area contributed by atoms with Crippen molar-refractivity contribution >= 4 is 0 Å². The van der Waals surface area contributed by atoms with Gasteiger partial charge in [0.25, 0.3) is 0 Å². The van der Waals surface area contributed by atoms with Crippen molar-refractivity contribution in [1.29, 1.82) is 0 Å². The summed E-state index contributed by atoms with van der Waals surface area (Å²) in [5.74, 6) is 1.88.